The number of carbonyl (C=O) groups excluding carboxylic acids is 2. The summed E-state index contributed by atoms with van der Waals surface area (Å²) in [6.07, 6.45) is 0.00260. The number of phenolic OH excluding ortho intramolecular Hbond substituents is 1. The molecule has 270 valence electrons. The zero-order valence-corrected chi connectivity index (χ0v) is 28.7. The second-order valence-corrected chi connectivity index (χ2v) is 12.6. The van der Waals surface area contributed by atoms with E-state index in [4.69, 9.17) is 9.47 Å². The Morgan fingerprint density at radius 1 is 0.885 bits per heavy atom. The van der Waals surface area contributed by atoms with E-state index >= 15 is 0 Å². The fraction of sp³-hybridized carbons (Fsp3) is 0.275. The smallest absolute Gasteiger partial charge is 0.411 e. The first-order valence-electron chi connectivity index (χ1n) is 17.4. The van der Waals surface area contributed by atoms with Crippen molar-refractivity contribution in [3.8, 4) is 22.6 Å². The molecule has 5 aromatic rings. The van der Waals surface area contributed by atoms with Crippen molar-refractivity contribution in [1.29, 1.82) is 0 Å². The number of anilines is 1. The highest BCUT2D eigenvalue weighted by Gasteiger charge is 2.23. The number of aliphatic hydroxyl groups is 1. The lowest BCUT2D eigenvalue weighted by atomic mass is 10.0. The molecular weight excluding hydrogens is 662 g/mol. The summed E-state index contributed by atoms with van der Waals surface area (Å²) >= 11 is 0. The Hall–Kier alpha value is -5.69. The molecule has 6 N–H and O–H groups in total. The van der Waals surface area contributed by atoms with E-state index in [0.29, 0.717) is 47.6 Å². The maximum atomic E-state index is 12.7. The van der Waals surface area contributed by atoms with Crippen molar-refractivity contribution in [1.82, 2.24) is 20.5 Å². The molecular formula is C40H43N5O7. The van der Waals surface area contributed by atoms with Gasteiger partial charge in [0.1, 0.15) is 24.2 Å². The topological polar surface area (TPSA) is 165 Å². The van der Waals surface area contributed by atoms with Gasteiger partial charge in [0.2, 0.25) is 5.56 Å². The molecule has 1 aliphatic heterocycles. The van der Waals surface area contributed by atoms with Crippen LogP contribution in [0.5, 0.6) is 11.5 Å². The number of fused-ring (bicyclic) bond motifs is 1. The number of nitrogens with one attached hydrogen (secondary N) is 4. The summed E-state index contributed by atoms with van der Waals surface area (Å²) in [6, 6.07) is 30.5. The zero-order valence-electron chi connectivity index (χ0n) is 28.7. The number of aromatic nitrogens is 1. The number of hydrogen-bond acceptors (Lipinski definition) is 9. The van der Waals surface area contributed by atoms with Crippen LogP contribution in [0.3, 0.4) is 0 Å². The molecule has 2 amide bonds. The van der Waals surface area contributed by atoms with Crippen molar-refractivity contribution < 1.29 is 29.3 Å². The van der Waals surface area contributed by atoms with Crippen molar-refractivity contribution in [3.05, 3.63) is 125 Å². The van der Waals surface area contributed by atoms with E-state index in [1.165, 1.54) is 12.1 Å². The summed E-state index contributed by atoms with van der Waals surface area (Å²) in [4.78, 5) is 41.9. The van der Waals surface area contributed by atoms with Crippen LogP contribution in [-0.2, 0) is 4.74 Å². The van der Waals surface area contributed by atoms with Crippen molar-refractivity contribution in [2.45, 2.75) is 25.0 Å². The van der Waals surface area contributed by atoms with Gasteiger partial charge in [0.25, 0.3) is 5.91 Å². The average molecular weight is 706 g/mol. The Morgan fingerprint density at radius 2 is 1.63 bits per heavy atom. The number of phenols is 1. The standard InChI is InChI=1S/C40H43N5O7/c46-35-16-14-32(33-15-17-37(48)44-38(33)35)36(47)26-41-20-21-42-39(49)28-10-12-29(13-11-28)51-25-24-45-22-18-30(19-23-45)52-40(50)43-34-9-5-4-8-31(34)27-6-2-1-3-7-27/h1-17,30,36,41,46-47H,18-26H2,(H,42,49)(H,43,50)(H,44,48)/t36-/m1/s1. The molecule has 1 fully saturated rings. The molecule has 52 heavy (non-hydrogen) atoms. The van der Waals surface area contributed by atoms with Gasteiger partial charge < -0.3 is 35.3 Å². The van der Waals surface area contributed by atoms with Crippen LogP contribution >= 0.6 is 0 Å². The van der Waals surface area contributed by atoms with Crippen LogP contribution in [0.4, 0.5) is 10.5 Å². The molecule has 0 spiro atoms. The van der Waals surface area contributed by atoms with E-state index in [2.05, 4.69) is 25.8 Å². The number of pyridine rings is 1. The Morgan fingerprint density at radius 3 is 2.42 bits per heavy atom. The number of aliphatic hydroxyl groups excluding tert-OH is 1. The average Bonchev–Trinajstić information content (AvgIpc) is 3.16. The van der Waals surface area contributed by atoms with Crippen LogP contribution < -0.4 is 26.2 Å². The molecule has 0 radical (unpaired) electrons. The molecule has 0 aliphatic carbocycles. The third kappa shape index (κ3) is 9.55. The number of benzene rings is 4. The molecule has 1 saturated heterocycles. The minimum Gasteiger partial charge on any atom is -0.506 e. The van der Waals surface area contributed by atoms with Gasteiger partial charge in [0, 0.05) is 61.8 Å². The van der Waals surface area contributed by atoms with Gasteiger partial charge in [-0.25, -0.2) is 4.79 Å². The number of aromatic amines is 1. The number of hydrogen-bond donors (Lipinski definition) is 6. The van der Waals surface area contributed by atoms with E-state index in [1.54, 1.807) is 36.4 Å². The lowest BCUT2D eigenvalue weighted by molar-refractivity contribution is 0.0548. The normalized spacial score (nSPS) is 14.1. The fourth-order valence-corrected chi connectivity index (χ4v) is 6.26. The van der Waals surface area contributed by atoms with Crippen LogP contribution in [-0.4, -0.2) is 84.1 Å². The number of carbonyl (C=O) groups is 2. The largest absolute Gasteiger partial charge is 0.506 e. The summed E-state index contributed by atoms with van der Waals surface area (Å²) in [6.45, 7) is 3.81. The minimum atomic E-state index is -0.883. The van der Waals surface area contributed by atoms with E-state index in [9.17, 15) is 24.6 Å². The van der Waals surface area contributed by atoms with Crippen LogP contribution in [0.1, 0.15) is 34.9 Å². The molecule has 6 rings (SSSR count). The van der Waals surface area contributed by atoms with Crippen LogP contribution in [0, 0.1) is 0 Å². The highest BCUT2D eigenvalue weighted by molar-refractivity contribution is 5.94. The van der Waals surface area contributed by atoms with Gasteiger partial charge in [-0.05, 0) is 66.4 Å². The lowest BCUT2D eigenvalue weighted by Gasteiger charge is -2.31. The third-order valence-electron chi connectivity index (χ3n) is 9.04. The highest BCUT2D eigenvalue weighted by Crippen LogP contribution is 2.29. The second-order valence-electron chi connectivity index (χ2n) is 12.6. The van der Waals surface area contributed by atoms with E-state index < -0.39 is 12.2 Å². The van der Waals surface area contributed by atoms with Gasteiger partial charge in [-0.3, -0.25) is 19.8 Å². The molecule has 12 nitrogen and oxygen atoms in total. The SMILES string of the molecule is O=C(Nc1ccccc1-c1ccccc1)OC1CCN(CCOc2ccc(C(=O)NCCNC[C@@H](O)c3ccc(O)c4[nH]c(=O)ccc34)cc2)CC1. The quantitative estimate of drug-likeness (QED) is 0.0868. The monoisotopic (exact) mass is 705 g/mol. The van der Waals surface area contributed by atoms with E-state index in [-0.39, 0.29) is 35.4 Å². The molecule has 1 atom stereocenters. The summed E-state index contributed by atoms with van der Waals surface area (Å²) in [5, 5.41) is 30.2. The van der Waals surface area contributed by atoms with Gasteiger partial charge in [-0.15, -0.1) is 0 Å². The van der Waals surface area contributed by atoms with Gasteiger partial charge in [-0.2, -0.15) is 0 Å². The Bertz CT molecular complexity index is 2010. The predicted molar refractivity (Wildman–Crippen MR) is 200 cm³/mol. The molecule has 0 unspecified atom stereocenters. The number of ether oxygens (including phenoxy) is 2. The van der Waals surface area contributed by atoms with Gasteiger partial charge in [0.15, 0.2) is 0 Å². The Balaban J connectivity index is 0.851. The highest BCUT2D eigenvalue weighted by atomic mass is 16.6. The number of H-pyrrole nitrogens is 1. The minimum absolute atomic E-state index is 0.0662. The molecule has 4 aromatic carbocycles. The van der Waals surface area contributed by atoms with Gasteiger partial charge >= 0.3 is 6.09 Å². The number of para-hydroxylation sites is 1. The summed E-state index contributed by atoms with van der Waals surface area (Å²) in [7, 11) is 0. The summed E-state index contributed by atoms with van der Waals surface area (Å²) < 4.78 is 11.7. The lowest BCUT2D eigenvalue weighted by Crippen LogP contribution is -2.40. The number of aromatic hydroxyl groups is 1. The first kappa shape index (κ1) is 36.1. The zero-order chi connectivity index (χ0) is 36.3. The second kappa shape index (κ2) is 17.5. The van der Waals surface area contributed by atoms with E-state index in [1.807, 2.05) is 54.6 Å². The van der Waals surface area contributed by atoms with Crippen LogP contribution in [0.2, 0.25) is 0 Å². The first-order chi connectivity index (χ1) is 25.3. The van der Waals surface area contributed by atoms with Crippen LogP contribution in [0.25, 0.3) is 22.0 Å². The number of likely N-dealkylation sites (tertiary alicyclic amines) is 1. The Kier molecular flexibility index (Phi) is 12.1. The molecule has 0 saturated carbocycles. The number of piperidine rings is 1. The third-order valence-corrected chi connectivity index (χ3v) is 9.04. The van der Waals surface area contributed by atoms with Crippen molar-refractivity contribution in [3.63, 3.8) is 0 Å². The Labute approximate surface area is 301 Å². The predicted octanol–water partition coefficient (Wildman–Crippen LogP) is 5.05. The van der Waals surface area contributed by atoms with Crippen molar-refractivity contribution in [2.75, 3.05) is 51.2 Å². The van der Waals surface area contributed by atoms with Crippen molar-refractivity contribution >= 4 is 28.6 Å². The maximum absolute atomic E-state index is 12.7. The van der Waals surface area contributed by atoms with Gasteiger partial charge in [0.05, 0.1) is 17.3 Å². The molecule has 2 heterocycles. The summed E-state index contributed by atoms with van der Waals surface area (Å²) in [5.41, 5.74) is 3.69. The van der Waals surface area contributed by atoms with Crippen molar-refractivity contribution in [2.24, 2.45) is 0 Å². The van der Waals surface area contributed by atoms with Crippen LogP contribution in [0.15, 0.2) is 108 Å². The molecule has 12 heteroatoms. The molecule has 1 aromatic heterocycles. The van der Waals surface area contributed by atoms with Gasteiger partial charge in [-0.1, -0.05) is 54.6 Å². The number of rotatable bonds is 14. The number of amides is 2. The van der Waals surface area contributed by atoms with E-state index in [0.717, 1.165) is 43.6 Å². The maximum Gasteiger partial charge on any atom is 0.411 e. The fourth-order valence-electron chi connectivity index (χ4n) is 6.26. The molecule has 0 bridgehead atoms. The summed E-state index contributed by atoms with van der Waals surface area (Å²) in [5.74, 6) is 0.383. The molecule has 1 aliphatic rings. The first-order valence-corrected chi connectivity index (χ1v) is 17.4. The number of nitrogens with zero attached hydrogens (tertiary/aromatic N) is 1.